The smallest absolute Gasteiger partial charge is 0.268 e. The van der Waals surface area contributed by atoms with Crippen molar-refractivity contribution >= 4 is 39.3 Å². The molecule has 0 spiro atoms. The number of hydrogen-bond donors (Lipinski definition) is 0. The Morgan fingerprint density at radius 3 is 1.48 bits per heavy atom. The lowest BCUT2D eigenvalue weighted by atomic mass is 9.92. The van der Waals surface area contributed by atoms with Gasteiger partial charge in [0.25, 0.3) is 11.8 Å². The molecule has 1 aliphatic heterocycles. The van der Waals surface area contributed by atoms with E-state index in [-0.39, 0.29) is 11.8 Å². The monoisotopic (exact) mass is 696 g/mol. The molecule has 0 atom stereocenters. The summed E-state index contributed by atoms with van der Waals surface area (Å²) in [5, 5.41) is 1.99. The van der Waals surface area contributed by atoms with Crippen LogP contribution in [0, 0.1) is 0 Å². The van der Waals surface area contributed by atoms with Gasteiger partial charge < -0.3 is 4.57 Å². The average molecular weight is 697 g/mol. The fourth-order valence-corrected chi connectivity index (χ4v) is 7.70. The third kappa shape index (κ3) is 4.92. The number of aromatic nitrogens is 5. The lowest BCUT2D eigenvalue weighted by molar-refractivity contribution is 0.0926. The molecule has 0 bridgehead atoms. The molecule has 0 saturated carbocycles. The molecule has 2 amide bonds. The van der Waals surface area contributed by atoms with Gasteiger partial charge in [-0.15, -0.1) is 0 Å². The highest BCUT2D eigenvalue weighted by Crippen LogP contribution is 2.44. The second kappa shape index (κ2) is 12.6. The number of imide groups is 1. The third-order valence-corrected chi connectivity index (χ3v) is 10.1. The Bertz CT molecular complexity index is 2810. The molecule has 8 heteroatoms. The quantitative estimate of drug-likeness (QED) is 0.161. The van der Waals surface area contributed by atoms with Crippen molar-refractivity contribution in [3.63, 3.8) is 0 Å². The number of anilines is 1. The van der Waals surface area contributed by atoms with Gasteiger partial charge in [0.1, 0.15) is 12.7 Å². The fraction of sp³-hybridized carbons (Fsp3) is 0. The van der Waals surface area contributed by atoms with Gasteiger partial charge in [0.15, 0.2) is 0 Å². The first-order valence-electron chi connectivity index (χ1n) is 17.5. The van der Waals surface area contributed by atoms with Gasteiger partial charge in [-0.25, -0.2) is 24.8 Å². The predicted octanol–water partition coefficient (Wildman–Crippen LogP) is 9.83. The van der Waals surface area contributed by atoms with Crippen molar-refractivity contribution in [3.05, 3.63) is 182 Å². The minimum absolute atomic E-state index is 0.340. The maximum absolute atomic E-state index is 15.1. The Balaban J connectivity index is 1.21. The molecule has 0 unspecified atom stereocenters. The maximum Gasteiger partial charge on any atom is 0.268 e. The van der Waals surface area contributed by atoms with Crippen molar-refractivity contribution in [3.8, 4) is 50.2 Å². The number of carbonyl (C=O) groups is 2. The Hall–Kier alpha value is -7.58. The van der Waals surface area contributed by atoms with Crippen LogP contribution in [0.25, 0.3) is 72.0 Å². The summed E-state index contributed by atoms with van der Waals surface area (Å²) in [6, 6.07) is 43.7. The summed E-state index contributed by atoms with van der Waals surface area (Å²) in [6.07, 6.45) is 10.1. The minimum atomic E-state index is -0.386. The van der Waals surface area contributed by atoms with Crippen LogP contribution < -0.4 is 4.90 Å². The van der Waals surface area contributed by atoms with Gasteiger partial charge >= 0.3 is 0 Å². The Kier molecular flexibility index (Phi) is 7.26. The molecule has 254 valence electrons. The molecule has 9 aromatic rings. The van der Waals surface area contributed by atoms with Crippen LogP contribution in [0.4, 0.5) is 5.69 Å². The van der Waals surface area contributed by atoms with Crippen LogP contribution in [-0.2, 0) is 0 Å². The molecule has 10 rings (SSSR count). The molecule has 54 heavy (non-hydrogen) atoms. The molecule has 4 heterocycles. The number of rotatable bonds is 6. The van der Waals surface area contributed by atoms with Crippen LogP contribution in [-0.4, -0.2) is 36.3 Å². The van der Waals surface area contributed by atoms with Crippen molar-refractivity contribution in [2.75, 3.05) is 4.90 Å². The first kappa shape index (κ1) is 31.2. The van der Waals surface area contributed by atoms with Crippen molar-refractivity contribution in [2.45, 2.75) is 0 Å². The van der Waals surface area contributed by atoms with E-state index < -0.39 is 0 Å². The first-order valence-corrected chi connectivity index (χ1v) is 17.5. The first-order chi connectivity index (χ1) is 26.7. The third-order valence-electron chi connectivity index (χ3n) is 10.1. The number of carbonyl (C=O) groups excluding carboxylic acids is 2. The second-order valence-corrected chi connectivity index (χ2v) is 13.1. The van der Waals surface area contributed by atoms with Gasteiger partial charge in [0.05, 0.1) is 33.5 Å². The van der Waals surface area contributed by atoms with Crippen LogP contribution in [0.1, 0.15) is 20.7 Å². The topological polar surface area (TPSA) is 93.9 Å². The highest BCUT2D eigenvalue weighted by molar-refractivity contribution is 6.37. The zero-order chi connectivity index (χ0) is 36.2. The minimum Gasteiger partial charge on any atom is -0.308 e. The lowest BCUT2D eigenvalue weighted by Gasteiger charge is -2.22. The Morgan fingerprint density at radius 2 is 0.907 bits per heavy atom. The summed E-state index contributed by atoms with van der Waals surface area (Å²) < 4.78 is 2.09. The number of hydrogen-bond acceptors (Lipinski definition) is 6. The van der Waals surface area contributed by atoms with E-state index in [1.165, 1.54) is 17.6 Å². The van der Waals surface area contributed by atoms with Gasteiger partial charge in [-0.2, -0.15) is 0 Å². The molecule has 6 aromatic carbocycles. The maximum atomic E-state index is 15.1. The standard InChI is InChI=1S/C46H28N6O2/c53-45-38-14-8-16-40(44(38)46(54)52(45)39-15-7-13-35(29-9-3-1-4-10-29)43(39)30-11-5-2-6-12-30)51-41-21-31(33-23-47-27-48-24-33)17-19-36(41)37-20-18-32(22-42(37)51)34-25-49-28-50-26-34/h1-28H. The molecule has 0 saturated heterocycles. The molecular formula is C46H28N6O2. The highest BCUT2D eigenvalue weighted by Gasteiger charge is 2.40. The summed E-state index contributed by atoms with van der Waals surface area (Å²) in [7, 11) is 0. The summed E-state index contributed by atoms with van der Waals surface area (Å²) in [6.45, 7) is 0. The van der Waals surface area contributed by atoms with Crippen LogP contribution in [0.5, 0.6) is 0 Å². The molecule has 3 aromatic heterocycles. The van der Waals surface area contributed by atoms with E-state index in [0.717, 1.165) is 66.3 Å². The van der Waals surface area contributed by atoms with Crippen LogP contribution in [0.3, 0.4) is 0 Å². The molecule has 0 aliphatic carbocycles. The van der Waals surface area contributed by atoms with Gasteiger partial charge in [0.2, 0.25) is 0 Å². The largest absolute Gasteiger partial charge is 0.308 e. The van der Waals surface area contributed by atoms with Crippen LogP contribution in [0.15, 0.2) is 171 Å². The molecule has 0 radical (unpaired) electrons. The van der Waals surface area contributed by atoms with Gasteiger partial charge in [0, 0.05) is 52.3 Å². The second-order valence-electron chi connectivity index (χ2n) is 13.1. The van der Waals surface area contributed by atoms with E-state index in [1.54, 1.807) is 30.9 Å². The molecule has 8 nitrogen and oxygen atoms in total. The normalized spacial score (nSPS) is 12.5. The molecule has 1 aliphatic rings. The number of nitrogens with zero attached hydrogens (tertiary/aromatic N) is 6. The van der Waals surface area contributed by atoms with E-state index in [9.17, 15) is 4.79 Å². The van der Waals surface area contributed by atoms with Crippen molar-refractivity contribution < 1.29 is 9.59 Å². The number of benzene rings is 6. The average Bonchev–Trinajstić information content (AvgIpc) is 3.71. The molecule has 0 fully saturated rings. The highest BCUT2D eigenvalue weighted by atomic mass is 16.2. The molecule has 0 N–H and O–H groups in total. The van der Waals surface area contributed by atoms with E-state index in [4.69, 9.17) is 0 Å². The van der Waals surface area contributed by atoms with Crippen LogP contribution in [0.2, 0.25) is 0 Å². The number of fused-ring (bicyclic) bond motifs is 4. The van der Waals surface area contributed by atoms with Crippen LogP contribution >= 0.6 is 0 Å². The summed E-state index contributed by atoms with van der Waals surface area (Å²) in [4.78, 5) is 48.0. The Labute approximate surface area is 309 Å². The zero-order valence-corrected chi connectivity index (χ0v) is 28.7. The van der Waals surface area contributed by atoms with E-state index in [2.05, 4.69) is 60.9 Å². The fourth-order valence-electron chi connectivity index (χ4n) is 7.70. The summed E-state index contributed by atoms with van der Waals surface area (Å²) >= 11 is 0. The number of amides is 2. The van der Waals surface area contributed by atoms with Crippen molar-refractivity contribution in [1.29, 1.82) is 0 Å². The van der Waals surface area contributed by atoms with E-state index in [0.29, 0.717) is 22.5 Å². The van der Waals surface area contributed by atoms with E-state index in [1.807, 2.05) is 91.0 Å². The zero-order valence-electron chi connectivity index (χ0n) is 28.7. The van der Waals surface area contributed by atoms with Crippen molar-refractivity contribution in [1.82, 2.24) is 24.5 Å². The van der Waals surface area contributed by atoms with Gasteiger partial charge in [-0.3, -0.25) is 9.59 Å². The summed E-state index contributed by atoms with van der Waals surface area (Å²) in [5.41, 5.74) is 10.8. The lowest BCUT2D eigenvalue weighted by Crippen LogP contribution is -2.30. The summed E-state index contributed by atoms with van der Waals surface area (Å²) in [5.74, 6) is -0.757. The van der Waals surface area contributed by atoms with Crippen molar-refractivity contribution in [2.24, 2.45) is 0 Å². The molecular weight excluding hydrogens is 669 g/mol. The van der Waals surface area contributed by atoms with Gasteiger partial charge in [-0.05, 0) is 58.1 Å². The Morgan fingerprint density at radius 1 is 0.389 bits per heavy atom. The SMILES string of the molecule is O=C1c2cccc(-n3c4cc(-c5cncnc5)ccc4c4ccc(-c5cncnc5)cc43)c2C(=O)N1c1cccc(-c2ccccc2)c1-c1ccccc1. The predicted molar refractivity (Wildman–Crippen MR) is 211 cm³/mol. The van der Waals surface area contributed by atoms with E-state index >= 15 is 4.79 Å². The van der Waals surface area contributed by atoms with Gasteiger partial charge in [-0.1, -0.05) is 103 Å².